The summed E-state index contributed by atoms with van der Waals surface area (Å²) >= 11 is 0. The summed E-state index contributed by atoms with van der Waals surface area (Å²) in [5.74, 6) is 1.83. The molecule has 2 saturated carbocycles. The molecule has 124 valence electrons. The molecule has 1 spiro atoms. The Bertz CT molecular complexity index is 441. The van der Waals surface area contributed by atoms with Gasteiger partial charge in [0.15, 0.2) is 5.79 Å². The van der Waals surface area contributed by atoms with Crippen molar-refractivity contribution in [3.63, 3.8) is 0 Å². The lowest BCUT2D eigenvalue weighted by atomic mass is 9.87. The minimum atomic E-state index is -0.416. The SMILES string of the molecule is CC1(C)COC2(CCN(C(=O)[C@@H]3C[C@H]4CC[C@H]3C4)CC2)OC1. The van der Waals surface area contributed by atoms with Crippen molar-refractivity contribution in [1.82, 2.24) is 4.90 Å². The number of likely N-dealkylation sites (tertiary alicyclic amines) is 1. The highest BCUT2D eigenvalue weighted by Gasteiger charge is 2.47. The van der Waals surface area contributed by atoms with E-state index in [1.165, 1.54) is 19.3 Å². The third-order valence-corrected chi connectivity index (χ3v) is 6.34. The van der Waals surface area contributed by atoms with E-state index in [0.717, 1.165) is 51.5 Å². The molecule has 2 bridgehead atoms. The van der Waals surface area contributed by atoms with Gasteiger partial charge in [-0.3, -0.25) is 4.79 Å². The molecule has 0 unspecified atom stereocenters. The van der Waals surface area contributed by atoms with Crippen molar-refractivity contribution in [3.05, 3.63) is 0 Å². The van der Waals surface area contributed by atoms with Crippen molar-refractivity contribution in [2.45, 2.75) is 58.2 Å². The lowest BCUT2D eigenvalue weighted by Gasteiger charge is -2.47. The zero-order valence-corrected chi connectivity index (χ0v) is 14.0. The molecule has 4 aliphatic rings. The number of amides is 1. The average molecular weight is 307 g/mol. The normalized spacial score (nSPS) is 39.4. The first-order chi connectivity index (χ1) is 10.5. The van der Waals surface area contributed by atoms with Crippen LogP contribution in [0.1, 0.15) is 52.4 Å². The third-order valence-electron chi connectivity index (χ3n) is 6.34. The fraction of sp³-hybridized carbons (Fsp3) is 0.944. The topological polar surface area (TPSA) is 38.8 Å². The molecule has 22 heavy (non-hydrogen) atoms. The van der Waals surface area contributed by atoms with E-state index in [0.29, 0.717) is 17.7 Å². The Kier molecular flexibility index (Phi) is 3.53. The summed E-state index contributed by atoms with van der Waals surface area (Å²) in [6.45, 7) is 7.46. The second kappa shape index (κ2) is 5.20. The average Bonchev–Trinajstić information content (AvgIpc) is 3.14. The number of carbonyl (C=O) groups excluding carboxylic acids is 1. The Morgan fingerprint density at radius 3 is 2.27 bits per heavy atom. The maximum Gasteiger partial charge on any atom is 0.225 e. The van der Waals surface area contributed by atoms with E-state index in [2.05, 4.69) is 18.7 Å². The molecule has 2 heterocycles. The lowest BCUT2D eigenvalue weighted by Crippen LogP contribution is -2.55. The lowest BCUT2D eigenvalue weighted by molar-refractivity contribution is -0.312. The van der Waals surface area contributed by atoms with E-state index in [4.69, 9.17) is 9.47 Å². The van der Waals surface area contributed by atoms with E-state index in [1.807, 2.05) is 0 Å². The van der Waals surface area contributed by atoms with E-state index >= 15 is 0 Å². The molecular weight excluding hydrogens is 278 g/mol. The molecule has 4 fully saturated rings. The van der Waals surface area contributed by atoms with Crippen LogP contribution in [0.15, 0.2) is 0 Å². The van der Waals surface area contributed by atoms with Gasteiger partial charge in [0.25, 0.3) is 0 Å². The summed E-state index contributed by atoms with van der Waals surface area (Å²) in [4.78, 5) is 14.9. The van der Waals surface area contributed by atoms with Gasteiger partial charge in [0, 0.05) is 37.3 Å². The Morgan fingerprint density at radius 1 is 1.05 bits per heavy atom. The summed E-state index contributed by atoms with van der Waals surface area (Å²) in [5.41, 5.74) is 0.112. The Hall–Kier alpha value is -0.610. The first kappa shape index (κ1) is 14.9. The van der Waals surface area contributed by atoms with Crippen LogP contribution in [0.2, 0.25) is 0 Å². The fourth-order valence-electron chi connectivity index (χ4n) is 4.88. The van der Waals surface area contributed by atoms with Gasteiger partial charge in [-0.15, -0.1) is 0 Å². The molecule has 0 N–H and O–H groups in total. The molecule has 3 atom stereocenters. The standard InChI is InChI=1S/C18H29NO3/c1-17(2)11-21-18(22-12-17)5-7-19(8-6-18)16(20)15-10-13-3-4-14(15)9-13/h13-15H,3-12H2,1-2H3/t13-,14-,15+/m0/s1. The highest BCUT2D eigenvalue weighted by atomic mass is 16.7. The Morgan fingerprint density at radius 2 is 1.73 bits per heavy atom. The third kappa shape index (κ3) is 2.58. The van der Waals surface area contributed by atoms with Gasteiger partial charge in [-0.25, -0.2) is 0 Å². The van der Waals surface area contributed by atoms with Crippen molar-refractivity contribution >= 4 is 5.91 Å². The maximum absolute atomic E-state index is 12.8. The molecule has 4 rings (SSSR count). The van der Waals surface area contributed by atoms with E-state index < -0.39 is 5.79 Å². The zero-order valence-electron chi connectivity index (χ0n) is 14.0. The molecule has 0 aromatic heterocycles. The number of fused-ring (bicyclic) bond motifs is 2. The van der Waals surface area contributed by atoms with Gasteiger partial charge in [0.1, 0.15) is 0 Å². The van der Waals surface area contributed by atoms with Gasteiger partial charge in [-0.05, 0) is 31.1 Å². The van der Waals surface area contributed by atoms with Crippen LogP contribution in [0.5, 0.6) is 0 Å². The van der Waals surface area contributed by atoms with Crippen LogP contribution in [0.4, 0.5) is 0 Å². The van der Waals surface area contributed by atoms with Crippen molar-refractivity contribution in [3.8, 4) is 0 Å². The van der Waals surface area contributed by atoms with Gasteiger partial charge >= 0.3 is 0 Å². The zero-order chi connectivity index (χ0) is 15.4. The Labute approximate surface area is 133 Å². The van der Waals surface area contributed by atoms with Crippen molar-refractivity contribution < 1.29 is 14.3 Å². The predicted molar refractivity (Wildman–Crippen MR) is 83.2 cm³/mol. The fourth-order valence-corrected chi connectivity index (χ4v) is 4.88. The van der Waals surface area contributed by atoms with Crippen LogP contribution >= 0.6 is 0 Å². The second-order valence-corrected chi connectivity index (χ2v) is 8.76. The van der Waals surface area contributed by atoms with E-state index in [1.54, 1.807) is 0 Å². The van der Waals surface area contributed by atoms with Gasteiger partial charge in [0.05, 0.1) is 13.2 Å². The van der Waals surface area contributed by atoms with Crippen LogP contribution in [0.3, 0.4) is 0 Å². The summed E-state index contributed by atoms with van der Waals surface area (Å²) in [5, 5.41) is 0. The molecule has 0 radical (unpaired) electrons. The largest absolute Gasteiger partial charge is 0.349 e. The second-order valence-electron chi connectivity index (χ2n) is 8.76. The minimum absolute atomic E-state index is 0.112. The summed E-state index contributed by atoms with van der Waals surface area (Å²) in [7, 11) is 0. The molecule has 0 aromatic rings. The van der Waals surface area contributed by atoms with Crippen molar-refractivity contribution in [2.75, 3.05) is 26.3 Å². The number of ether oxygens (including phenoxy) is 2. The van der Waals surface area contributed by atoms with Crippen LogP contribution in [-0.2, 0) is 14.3 Å². The summed E-state index contributed by atoms with van der Waals surface area (Å²) < 4.78 is 12.1. The van der Waals surface area contributed by atoms with Crippen LogP contribution in [0, 0.1) is 23.2 Å². The Balaban J connectivity index is 1.33. The van der Waals surface area contributed by atoms with Gasteiger partial charge in [-0.1, -0.05) is 20.3 Å². The number of hydrogen-bond donors (Lipinski definition) is 0. The molecular formula is C18H29NO3. The number of nitrogens with zero attached hydrogens (tertiary/aromatic N) is 1. The smallest absolute Gasteiger partial charge is 0.225 e. The molecule has 2 aliphatic carbocycles. The first-order valence-corrected chi connectivity index (χ1v) is 9.03. The monoisotopic (exact) mass is 307 g/mol. The summed E-state index contributed by atoms with van der Waals surface area (Å²) in [6.07, 6.45) is 6.74. The predicted octanol–water partition coefficient (Wildman–Crippen LogP) is 2.81. The van der Waals surface area contributed by atoms with Crippen molar-refractivity contribution in [2.24, 2.45) is 23.2 Å². The molecule has 4 nitrogen and oxygen atoms in total. The quantitative estimate of drug-likeness (QED) is 0.748. The highest BCUT2D eigenvalue weighted by Crippen LogP contribution is 2.49. The number of piperidine rings is 1. The number of rotatable bonds is 1. The molecule has 4 heteroatoms. The summed E-state index contributed by atoms with van der Waals surface area (Å²) in [6, 6.07) is 0. The van der Waals surface area contributed by atoms with Crippen molar-refractivity contribution in [1.29, 1.82) is 0 Å². The van der Waals surface area contributed by atoms with Crippen LogP contribution < -0.4 is 0 Å². The molecule has 2 aliphatic heterocycles. The minimum Gasteiger partial charge on any atom is -0.349 e. The molecule has 0 aromatic carbocycles. The van der Waals surface area contributed by atoms with E-state index in [9.17, 15) is 4.79 Å². The van der Waals surface area contributed by atoms with Gasteiger partial charge in [-0.2, -0.15) is 0 Å². The maximum atomic E-state index is 12.8. The van der Waals surface area contributed by atoms with E-state index in [-0.39, 0.29) is 5.41 Å². The first-order valence-electron chi connectivity index (χ1n) is 9.03. The van der Waals surface area contributed by atoms with Crippen LogP contribution in [-0.4, -0.2) is 42.9 Å². The van der Waals surface area contributed by atoms with Crippen LogP contribution in [0.25, 0.3) is 0 Å². The number of carbonyl (C=O) groups is 1. The molecule has 2 saturated heterocycles. The van der Waals surface area contributed by atoms with Gasteiger partial charge < -0.3 is 14.4 Å². The van der Waals surface area contributed by atoms with Gasteiger partial charge in [0.2, 0.25) is 5.91 Å². The highest BCUT2D eigenvalue weighted by molar-refractivity contribution is 5.79. The molecule has 1 amide bonds. The number of hydrogen-bond acceptors (Lipinski definition) is 3.